The first-order valence-corrected chi connectivity index (χ1v) is 27.7. The number of benzene rings is 12. The summed E-state index contributed by atoms with van der Waals surface area (Å²) in [6.45, 7) is 0. The summed E-state index contributed by atoms with van der Waals surface area (Å²) in [6, 6.07) is 99.8. The van der Waals surface area contributed by atoms with Crippen molar-refractivity contribution >= 4 is 87.4 Å². The number of furan rings is 1. The first kappa shape index (κ1) is 45.8. The topological polar surface area (TPSA) is 66.6 Å². The fraction of sp³-hybridized carbons (Fsp3) is 0. The van der Waals surface area contributed by atoms with Gasteiger partial charge in [0.1, 0.15) is 11.2 Å². The molecule has 7 heteroatoms. The van der Waals surface area contributed by atoms with Crippen LogP contribution in [0.25, 0.3) is 161 Å². The minimum Gasteiger partial charge on any atom is -0.456 e. The molecule has 0 amide bonds. The highest BCUT2D eigenvalue weighted by Crippen LogP contribution is 2.46. The third kappa shape index (κ3) is 7.13. The van der Waals surface area contributed by atoms with Crippen molar-refractivity contribution < 1.29 is 4.42 Å². The van der Waals surface area contributed by atoms with Crippen LogP contribution >= 0.6 is 0 Å². The zero-order valence-electron chi connectivity index (χ0n) is 44.1. The van der Waals surface area contributed by atoms with Crippen LogP contribution in [-0.4, -0.2) is 28.7 Å². The Kier molecular flexibility index (Phi) is 10.2. The van der Waals surface area contributed by atoms with Crippen molar-refractivity contribution in [1.82, 2.24) is 28.7 Å². The van der Waals surface area contributed by atoms with Crippen LogP contribution in [0.2, 0.25) is 0 Å². The lowest BCUT2D eigenvalue weighted by Crippen LogP contribution is -2.05. The molecule has 0 saturated carbocycles. The largest absolute Gasteiger partial charge is 0.456 e. The molecule has 0 aliphatic rings. The van der Waals surface area contributed by atoms with Gasteiger partial charge in [-0.2, -0.15) is 0 Å². The lowest BCUT2D eigenvalue weighted by atomic mass is 9.92. The van der Waals surface area contributed by atoms with Crippen molar-refractivity contribution in [1.29, 1.82) is 0 Å². The molecule has 0 saturated heterocycles. The molecule has 0 unspecified atom stereocenters. The van der Waals surface area contributed by atoms with E-state index in [1.165, 1.54) is 21.5 Å². The second-order valence-corrected chi connectivity index (χ2v) is 21.1. The quantitative estimate of drug-likeness (QED) is 0.152. The van der Waals surface area contributed by atoms with Gasteiger partial charge < -0.3 is 18.1 Å². The molecule has 0 fully saturated rings. The molecule has 0 bridgehead atoms. The van der Waals surface area contributed by atoms with Crippen LogP contribution < -0.4 is 0 Å². The first-order valence-electron chi connectivity index (χ1n) is 27.7. The summed E-state index contributed by atoms with van der Waals surface area (Å²) in [5.41, 5.74) is 18.3. The predicted molar refractivity (Wildman–Crippen MR) is 337 cm³/mol. The number of rotatable bonds is 8. The van der Waals surface area contributed by atoms with Gasteiger partial charge in [0.2, 0.25) is 0 Å². The molecule has 82 heavy (non-hydrogen) atoms. The van der Waals surface area contributed by atoms with Gasteiger partial charge in [-0.1, -0.05) is 200 Å². The number of aromatic nitrogens is 6. The normalized spacial score (nSPS) is 11.9. The fourth-order valence-electron chi connectivity index (χ4n) is 12.8. The Morgan fingerprint density at radius 2 is 0.598 bits per heavy atom. The Morgan fingerprint density at radius 3 is 1.09 bits per heavy atom. The van der Waals surface area contributed by atoms with Gasteiger partial charge in [-0.05, 0) is 90.0 Å². The third-order valence-electron chi connectivity index (χ3n) is 16.5. The second kappa shape index (κ2) is 18.2. The molecule has 7 nitrogen and oxygen atoms in total. The Bertz CT molecular complexity index is 5060. The number of para-hydroxylation sites is 5. The molecule has 5 heterocycles. The van der Waals surface area contributed by atoms with E-state index < -0.39 is 0 Å². The summed E-state index contributed by atoms with van der Waals surface area (Å²) in [4.78, 5) is 16.0. The maximum Gasteiger partial charge on any atom is 0.164 e. The maximum atomic E-state index is 6.44. The van der Waals surface area contributed by atoms with Crippen LogP contribution in [0, 0.1) is 0 Å². The molecular weight excluding hydrogens is 1000 g/mol. The molecule has 17 rings (SSSR count). The van der Waals surface area contributed by atoms with E-state index in [1.54, 1.807) is 0 Å². The number of hydrogen-bond donors (Lipinski definition) is 0. The molecule has 12 aromatic carbocycles. The Morgan fingerprint density at radius 1 is 0.232 bits per heavy atom. The Balaban J connectivity index is 0.982. The van der Waals surface area contributed by atoms with Gasteiger partial charge in [-0.25, -0.2) is 15.0 Å². The van der Waals surface area contributed by atoms with Gasteiger partial charge in [0, 0.05) is 82.3 Å². The summed E-state index contributed by atoms with van der Waals surface area (Å²) < 4.78 is 13.8. The van der Waals surface area contributed by atoms with Crippen LogP contribution in [-0.2, 0) is 0 Å². The Labute approximate surface area is 470 Å². The molecule has 0 radical (unpaired) electrons. The molecule has 382 valence electrons. The molecule has 0 N–H and O–H groups in total. The van der Waals surface area contributed by atoms with Crippen LogP contribution in [0.3, 0.4) is 0 Å². The van der Waals surface area contributed by atoms with E-state index in [4.69, 9.17) is 19.4 Å². The minimum atomic E-state index is 0.551. The van der Waals surface area contributed by atoms with Crippen LogP contribution in [0.1, 0.15) is 0 Å². The van der Waals surface area contributed by atoms with Gasteiger partial charge in [0.05, 0.1) is 38.8 Å². The van der Waals surface area contributed by atoms with E-state index in [0.29, 0.717) is 17.5 Å². The van der Waals surface area contributed by atoms with Gasteiger partial charge >= 0.3 is 0 Å². The van der Waals surface area contributed by atoms with E-state index in [2.05, 4.69) is 256 Å². The van der Waals surface area contributed by atoms with Crippen molar-refractivity contribution in [3.05, 3.63) is 279 Å². The summed E-state index contributed by atoms with van der Waals surface area (Å²) in [5.74, 6) is 1.68. The van der Waals surface area contributed by atoms with Crippen molar-refractivity contribution in [2.75, 3.05) is 0 Å². The van der Waals surface area contributed by atoms with E-state index >= 15 is 0 Å². The molecular formula is C75H46N6O. The monoisotopic (exact) mass is 1050 g/mol. The Hall–Kier alpha value is -11.2. The molecule has 0 spiro atoms. The summed E-state index contributed by atoms with van der Waals surface area (Å²) in [5, 5.41) is 9.27. The van der Waals surface area contributed by atoms with E-state index in [1.807, 2.05) is 36.4 Å². The van der Waals surface area contributed by atoms with E-state index in [-0.39, 0.29) is 0 Å². The summed E-state index contributed by atoms with van der Waals surface area (Å²) in [6.07, 6.45) is 0. The average molecular weight is 1050 g/mol. The molecule has 5 aromatic heterocycles. The highest BCUT2D eigenvalue weighted by atomic mass is 16.3. The molecule has 0 atom stereocenters. The molecule has 0 aliphatic heterocycles. The van der Waals surface area contributed by atoms with Gasteiger partial charge in [-0.15, -0.1) is 0 Å². The summed E-state index contributed by atoms with van der Waals surface area (Å²) >= 11 is 0. The minimum absolute atomic E-state index is 0.551. The fourth-order valence-corrected chi connectivity index (χ4v) is 12.8. The van der Waals surface area contributed by atoms with Crippen molar-refractivity contribution in [3.63, 3.8) is 0 Å². The van der Waals surface area contributed by atoms with Gasteiger partial charge in [-0.3, -0.25) is 0 Å². The zero-order valence-corrected chi connectivity index (χ0v) is 44.1. The second-order valence-electron chi connectivity index (χ2n) is 21.1. The number of nitrogens with zero attached hydrogens (tertiary/aromatic N) is 6. The van der Waals surface area contributed by atoms with Crippen LogP contribution in [0.4, 0.5) is 0 Å². The molecule has 17 aromatic rings. The lowest BCUT2D eigenvalue weighted by molar-refractivity contribution is 0.669. The van der Waals surface area contributed by atoms with E-state index in [0.717, 1.165) is 122 Å². The van der Waals surface area contributed by atoms with Crippen molar-refractivity contribution in [3.8, 4) is 73.5 Å². The average Bonchev–Trinajstić information content (AvgIpc) is 2.82. The number of hydrogen-bond acceptors (Lipinski definition) is 4. The smallest absolute Gasteiger partial charge is 0.164 e. The van der Waals surface area contributed by atoms with Crippen molar-refractivity contribution in [2.45, 2.75) is 0 Å². The standard InChI is InChI=1S/C75H46N6O/c1-4-20-47(21-5-1)62-42-51(75-77-73(49-24-8-3-9-25-49)76-74(78-75)50-36-39-61-60-30-14-19-35-70(60)82-71(61)44-50)43-63(48-22-6-2-7-23-48)72(62)81-68-45-52(79-64-31-15-10-26-54(64)55-27-11-16-32-65(55)79)37-40-58(68)59-41-38-53(46-69(59)81)80-66-33-17-12-28-56(66)57-29-13-18-34-67(57)80/h1-46H. The zero-order chi connectivity index (χ0) is 53.8. The van der Waals surface area contributed by atoms with E-state index in [9.17, 15) is 0 Å². The van der Waals surface area contributed by atoms with Crippen LogP contribution in [0.5, 0.6) is 0 Å². The highest BCUT2D eigenvalue weighted by Gasteiger charge is 2.26. The maximum absolute atomic E-state index is 6.44. The number of fused-ring (bicyclic) bond motifs is 12. The van der Waals surface area contributed by atoms with Gasteiger partial charge in [0.15, 0.2) is 17.5 Å². The summed E-state index contributed by atoms with van der Waals surface area (Å²) in [7, 11) is 0. The third-order valence-corrected chi connectivity index (χ3v) is 16.5. The predicted octanol–water partition coefficient (Wildman–Crippen LogP) is 19.4. The van der Waals surface area contributed by atoms with Crippen molar-refractivity contribution in [2.24, 2.45) is 0 Å². The lowest BCUT2D eigenvalue weighted by Gasteiger charge is -2.21. The van der Waals surface area contributed by atoms with Crippen LogP contribution in [0.15, 0.2) is 283 Å². The molecule has 0 aliphatic carbocycles. The van der Waals surface area contributed by atoms with Gasteiger partial charge in [0.25, 0.3) is 0 Å². The first-order chi connectivity index (χ1) is 40.7. The SMILES string of the molecule is c1ccc(-c2nc(-c3cc(-c4ccccc4)c(-n4c5cc(-n6c7ccccc7c7ccccc76)ccc5c5ccc(-n6c7ccccc7c7ccccc76)cc54)c(-c4ccccc4)c3)nc(-c3ccc4c(c3)oc3ccccc34)n2)cc1. The highest BCUT2D eigenvalue weighted by molar-refractivity contribution is 6.15.